The number of ether oxygens (including phenoxy) is 11. The Balaban J connectivity index is 1.08. The van der Waals surface area contributed by atoms with Gasteiger partial charge < -0.3 is 61.1 Å². The molecule has 0 saturated heterocycles. The lowest BCUT2D eigenvalue weighted by Crippen LogP contribution is -2.52. The van der Waals surface area contributed by atoms with Gasteiger partial charge in [0.15, 0.2) is 34.5 Å². The lowest BCUT2D eigenvalue weighted by molar-refractivity contribution is -0.941. The van der Waals surface area contributed by atoms with Crippen molar-refractivity contribution in [2.75, 3.05) is 117 Å². The molecule has 0 aliphatic carbocycles. The minimum atomic E-state index is -0.613. The van der Waals surface area contributed by atoms with E-state index in [1.165, 1.54) is 0 Å². The smallest absolute Gasteiger partial charge is 0.331 e. The third kappa shape index (κ3) is 10.7. The summed E-state index contributed by atoms with van der Waals surface area (Å²) in [5.74, 6) is 4.49. The van der Waals surface area contributed by atoms with Crippen LogP contribution in [-0.2, 0) is 38.3 Å². The number of likely N-dealkylation sites (N-methyl/N-ethyl adjacent to an activating group) is 2. The third-order valence-corrected chi connectivity index (χ3v) is 13.8. The van der Waals surface area contributed by atoms with Crippen molar-refractivity contribution in [2.45, 2.75) is 51.1 Å². The maximum absolute atomic E-state index is 12.9. The molecule has 0 radical (unpaired) electrons. The molecule has 0 saturated carbocycles. The normalized spacial score (nSPS) is 19.5. The van der Waals surface area contributed by atoms with Gasteiger partial charge in [-0.1, -0.05) is 6.07 Å². The van der Waals surface area contributed by atoms with Crippen molar-refractivity contribution in [3.05, 3.63) is 99.6 Å². The van der Waals surface area contributed by atoms with E-state index in [2.05, 4.69) is 32.3 Å². The Morgan fingerprint density at radius 3 is 1.54 bits per heavy atom. The zero-order chi connectivity index (χ0) is 49.2. The largest absolute Gasteiger partial charge is 0.496 e. The van der Waals surface area contributed by atoms with Crippen molar-refractivity contribution < 1.29 is 70.7 Å². The van der Waals surface area contributed by atoms with E-state index in [9.17, 15) is 9.59 Å². The number of methoxy groups -OCH3 is 9. The van der Waals surface area contributed by atoms with Crippen molar-refractivity contribution in [1.29, 1.82) is 0 Å². The molecular weight excluding hydrogens is 873 g/mol. The number of carbonyl (C=O) groups is 2. The van der Waals surface area contributed by atoms with Gasteiger partial charge in [0.1, 0.15) is 17.8 Å². The van der Waals surface area contributed by atoms with Crippen LogP contribution in [0.4, 0.5) is 0 Å². The van der Waals surface area contributed by atoms with E-state index < -0.39 is 11.9 Å². The number of carbonyl (C=O) groups excluding carboxylic acids is 2. The minimum Gasteiger partial charge on any atom is -0.496 e. The first-order chi connectivity index (χ1) is 32.8. The average molecular weight is 943 g/mol. The molecule has 0 fully saturated rings. The van der Waals surface area contributed by atoms with Gasteiger partial charge in [-0.3, -0.25) is 0 Å². The molecule has 2 heterocycles. The fourth-order valence-electron chi connectivity index (χ4n) is 10.3. The van der Waals surface area contributed by atoms with Crippen LogP contribution >= 0.6 is 0 Å². The summed E-state index contributed by atoms with van der Waals surface area (Å²) in [5.41, 5.74) is 7.54. The van der Waals surface area contributed by atoms with E-state index >= 15 is 0 Å². The van der Waals surface area contributed by atoms with Crippen LogP contribution < -0.4 is 42.6 Å². The molecule has 0 aromatic heterocycles. The first-order valence-corrected chi connectivity index (χ1v) is 23.0. The Morgan fingerprint density at radius 1 is 0.544 bits per heavy atom. The Bertz CT molecular complexity index is 2450. The highest BCUT2D eigenvalue weighted by atomic mass is 16.5. The Kier molecular flexibility index (Phi) is 17.0. The molecule has 4 atom stereocenters. The summed E-state index contributed by atoms with van der Waals surface area (Å²) in [6.07, 6.45) is 5.65. The highest BCUT2D eigenvalue weighted by molar-refractivity contribution is 5.91. The molecule has 0 spiro atoms. The number of rotatable bonds is 22. The van der Waals surface area contributed by atoms with E-state index in [1.807, 2.05) is 37.3 Å². The van der Waals surface area contributed by atoms with Crippen LogP contribution in [0.25, 0.3) is 0 Å². The predicted octanol–water partition coefficient (Wildman–Crippen LogP) is 7.57. The number of aryl methyl sites for hydroxylation is 1. The first-order valence-electron chi connectivity index (χ1n) is 23.0. The van der Waals surface area contributed by atoms with E-state index in [0.29, 0.717) is 87.3 Å². The quantitative estimate of drug-likeness (QED) is 0.0332. The lowest BCUT2D eigenvalue weighted by Gasteiger charge is -2.46. The number of hydrogen-bond acceptors (Lipinski definition) is 13. The SMILES string of the molecule is COc1ccc(C2c3c(cc(OC)c(OC)c3OC)CC[N+]2(C)CCCOC(=O)/C=C\C(=O)OCCC[N+]2(C)CCc3cc(OC)c(OC)c(OC)c3C2Cc2ccc(OC)c(OC)c2)cc1C. The van der Waals surface area contributed by atoms with E-state index in [-0.39, 0.29) is 25.3 Å². The minimum absolute atomic E-state index is 0.0553. The van der Waals surface area contributed by atoms with Crippen LogP contribution in [0.3, 0.4) is 0 Å². The van der Waals surface area contributed by atoms with Crippen LogP contribution in [-0.4, -0.2) is 138 Å². The number of quaternary nitrogens is 2. The highest BCUT2D eigenvalue weighted by Crippen LogP contribution is 2.53. The summed E-state index contributed by atoms with van der Waals surface area (Å²) in [6.45, 7) is 5.42. The number of nitrogens with zero attached hydrogens (tertiary/aromatic N) is 2. The molecule has 68 heavy (non-hydrogen) atoms. The van der Waals surface area contributed by atoms with Gasteiger partial charge in [-0.05, 0) is 71.6 Å². The summed E-state index contributed by atoms with van der Waals surface area (Å²) in [7, 11) is 19.1. The first kappa shape index (κ1) is 51.1. The summed E-state index contributed by atoms with van der Waals surface area (Å²) in [5, 5.41) is 0. The van der Waals surface area contributed by atoms with Gasteiger partial charge in [-0.2, -0.15) is 0 Å². The molecule has 0 N–H and O–H groups in total. The fraction of sp³-hybridized carbons (Fsp3) is 0.472. The van der Waals surface area contributed by atoms with Crippen LogP contribution in [0.1, 0.15) is 63.9 Å². The van der Waals surface area contributed by atoms with E-state index in [4.69, 9.17) is 52.1 Å². The van der Waals surface area contributed by atoms with Gasteiger partial charge in [0.2, 0.25) is 11.5 Å². The molecule has 15 nitrogen and oxygen atoms in total. The average Bonchev–Trinajstić information content (AvgIpc) is 3.35. The molecule has 2 aliphatic rings. The van der Waals surface area contributed by atoms with Crippen LogP contribution in [0.5, 0.6) is 51.7 Å². The molecule has 4 aromatic rings. The van der Waals surface area contributed by atoms with Gasteiger partial charge in [0.05, 0.1) is 129 Å². The van der Waals surface area contributed by atoms with E-state index in [0.717, 1.165) is 82.8 Å². The second-order valence-electron chi connectivity index (χ2n) is 17.7. The second-order valence-corrected chi connectivity index (χ2v) is 17.7. The van der Waals surface area contributed by atoms with Gasteiger partial charge >= 0.3 is 11.9 Å². The van der Waals surface area contributed by atoms with Gasteiger partial charge in [-0.25, -0.2) is 9.59 Å². The third-order valence-electron chi connectivity index (χ3n) is 13.8. The zero-order valence-corrected chi connectivity index (χ0v) is 41.9. The molecule has 15 heteroatoms. The Morgan fingerprint density at radius 2 is 1.03 bits per heavy atom. The summed E-state index contributed by atoms with van der Waals surface area (Å²) in [6, 6.07) is 16.1. The van der Waals surface area contributed by atoms with Gasteiger partial charge in [-0.15, -0.1) is 0 Å². The summed E-state index contributed by atoms with van der Waals surface area (Å²) >= 11 is 0. The molecule has 4 aromatic carbocycles. The lowest BCUT2D eigenvalue weighted by atomic mass is 9.84. The molecular formula is C53H70N2O13+2. The summed E-state index contributed by atoms with van der Waals surface area (Å²) < 4.78 is 64.5. The van der Waals surface area contributed by atoms with Gasteiger partial charge in [0.25, 0.3) is 0 Å². The van der Waals surface area contributed by atoms with Crippen molar-refractivity contribution >= 4 is 11.9 Å². The van der Waals surface area contributed by atoms with Crippen molar-refractivity contribution in [2.24, 2.45) is 0 Å². The molecule has 368 valence electrons. The molecule has 6 rings (SSSR count). The number of fused-ring (bicyclic) bond motifs is 2. The topological polar surface area (TPSA) is 136 Å². The number of benzene rings is 4. The number of hydrogen-bond donors (Lipinski definition) is 0. The molecule has 0 bridgehead atoms. The van der Waals surface area contributed by atoms with Crippen LogP contribution in [0.15, 0.2) is 60.7 Å². The maximum Gasteiger partial charge on any atom is 0.331 e. The fourth-order valence-corrected chi connectivity index (χ4v) is 10.3. The van der Waals surface area contributed by atoms with Crippen LogP contribution in [0.2, 0.25) is 0 Å². The predicted molar refractivity (Wildman–Crippen MR) is 257 cm³/mol. The monoisotopic (exact) mass is 942 g/mol. The highest BCUT2D eigenvalue weighted by Gasteiger charge is 2.45. The van der Waals surface area contributed by atoms with Gasteiger partial charge in [0, 0.05) is 49.8 Å². The second kappa shape index (κ2) is 22.7. The maximum atomic E-state index is 12.9. The standard InChI is InChI=1S/C53H70N2O13/c1-34-29-38(16-18-40(34)58-4)49-48-37(33-44(62-8)51(64-10)53(48)66-12)22-26-55(49,3)24-14-28-68-46(57)20-19-45(56)67-27-13-23-54(2)25-21-36-32-43(61-7)50(63-9)52(65-11)47(36)39(54)30-35-15-17-41(59-5)42(31-35)60-6/h15-20,29,31-33,39,49H,13-14,21-28,30H2,1-12H3/q+2/b20-19-. The zero-order valence-electron chi connectivity index (χ0n) is 41.9. The number of esters is 2. The molecule has 4 unspecified atom stereocenters. The van der Waals surface area contributed by atoms with Crippen molar-refractivity contribution in [3.8, 4) is 51.7 Å². The Labute approximate surface area is 401 Å². The van der Waals surface area contributed by atoms with Crippen LogP contribution in [0, 0.1) is 6.92 Å². The molecule has 2 aliphatic heterocycles. The summed E-state index contributed by atoms with van der Waals surface area (Å²) in [4.78, 5) is 25.8. The van der Waals surface area contributed by atoms with E-state index in [1.54, 1.807) is 64.0 Å². The Hall–Kier alpha value is -6.32. The van der Waals surface area contributed by atoms with Crippen molar-refractivity contribution in [3.63, 3.8) is 0 Å². The molecule has 0 amide bonds. The van der Waals surface area contributed by atoms with Crippen molar-refractivity contribution in [1.82, 2.24) is 0 Å².